The third-order valence-corrected chi connectivity index (χ3v) is 4.04. The van der Waals surface area contributed by atoms with E-state index in [9.17, 15) is 0 Å². The molecule has 86 valence electrons. The van der Waals surface area contributed by atoms with Crippen molar-refractivity contribution in [2.24, 2.45) is 5.92 Å². The summed E-state index contributed by atoms with van der Waals surface area (Å²) in [7, 11) is 2.25. The van der Waals surface area contributed by atoms with Crippen LogP contribution >= 0.6 is 0 Å². The molecule has 0 aromatic heterocycles. The predicted molar refractivity (Wildman–Crippen MR) is 63.3 cm³/mol. The van der Waals surface area contributed by atoms with E-state index in [-0.39, 0.29) is 0 Å². The lowest BCUT2D eigenvalue weighted by molar-refractivity contribution is 0.244. The van der Waals surface area contributed by atoms with Crippen LogP contribution in [-0.2, 0) is 0 Å². The van der Waals surface area contributed by atoms with Crippen molar-refractivity contribution in [1.29, 1.82) is 5.41 Å². The van der Waals surface area contributed by atoms with Gasteiger partial charge in [-0.05, 0) is 26.3 Å². The maximum Gasteiger partial charge on any atom is 0.0984 e. The van der Waals surface area contributed by atoms with Crippen molar-refractivity contribution in [3.8, 4) is 0 Å². The standard InChI is InChI=1S/C12H23N3/c1-9(2)12(13)15-7-6-10-4-5-11(8-15)14(10)3/h9-11,13H,4-8H2,1-3H3. The summed E-state index contributed by atoms with van der Waals surface area (Å²) in [6.45, 7) is 6.40. The minimum Gasteiger partial charge on any atom is -0.359 e. The van der Waals surface area contributed by atoms with E-state index in [1.807, 2.05) is 0 Å². The summed E-state index contributed by atoms with van der Waals surface area (Å²) in [5.41, 5.74) is 0. The highest BCUT2D eigenvalue weighted by molar-refractivity contribution is 5.81. The fraction of sp³-hybridized carbons (Fsp3) is 0.917. The van der Waals surface area contributed by atoms with Crippen LogP contribution in [0, 0.1) is 11.3 Å². The summed E-state index contributed by atoms with van der Waals surface area (Å²) in [4.78, 5) is 4.83. The number of nitrogens with zero attached hydrogens (tertiary/aromatic N) is 2. The number of fused-ring (bicyclic) bond motifs is 2. The molecule has 0 radical (unpaired) electrons. The van der Waals surface area contributed by atoms with Crippen LogP contribution in [0.25, 0.3) is 0 Å². The normalized spacial score (nSPS) is 32.1. The Kier molecular flexibility index (Phi) is 3.01. The second-order valence-corrected chi connectivity index (χ2v) is 5.33. The molecule has 1 N–H and O–H groups in total. The van der Waals surface area contributed by atoms with E-state index in [1.54, 1.807) is 0 Å². The van der Waals surface area contributed by atoms with Gasteiger partial charge in [0.25, 0.3) is 0 Å². The van der Waals surface area contributed by atoms with Crippen LogP contribution in [-0.4, -0.2) is 47.9 Å². The van der Waals surface area contributed by atoms with Crippen LogP contribution in [0.3, 0.4) is 0 Å². The Bertz CT molecular complexity index is 249. The third-order valence-electron chi connectivity index (χ3n) is 4.04. The minimum atomic E-state index is 0.368. The van der Waals surface area contributed by atoms with Crippen LogP contribution in [0.2, 0.25) is 0 Å². The molecule has 15 heavy (non-hydrogen) atoms. The number of amidine groups is 1. The van der Waals surface area contributed by atoms with Crippen molar-refractivity contribution in [1.82, 2.24) is 9.80 Å². The molecule has 0 aliphatic carbocycles. The Balaban J connectivity index is 2.03. The summed E-state index contributed by atoms with van der Waals surface area (Å²) in [6.07, 6.45) is 3.93. The first kappa shape index (κ1) is 10.9. The molecule has 3 nitrogen and oxygen atoms in total. The number of nitrogens with one attached hydrogen (secondary N) is 1. The number of likely N-dealkylation sites (tertiary alicyclic amines) is 1. The molecule has 2 bridgehead atoms. The zero-order valence-electron chi connectivity index (χ0n) is 10.2. The summed E-state index contributed by atoms with van der Waals surface area (Å²) in [5, 5.41) is 8.09. The maximum absolute atomic E-state index is 8.09. The van der Waals surface area contributed by atoms with Crippen molar-refractivity contribution in [2.75, 3.05) is 20.1 Å². The largest absolute Gasteiger partial charge is 0.359 e. The number of hydrogen-bond donors (Lipinski definition) is 1. The summed E-state index contributed by atoms with van der Waals surface area (Å²) in [6, 6.07) is 1.47. The van der Waals surface area contributed by atoms with Gasteiger partial charge in [-0.2, -0.15) is 0 Å². The zero-order chi connectivity index (χ0) is 11.0. The van der Waals surface area contributed by atoms with Crippen LogP contribution in [0.15, 0.2) is 0 Å². The van der Waals surface area contributed by atoms with Crippen molar-refractivity contribution < 1.29 is 0 Å². The van der Waals surface area contributed by atoms with E-state index in [2.05, 4.69) is 30.7 Å². The summed E-state index contributed by atoms with van der Waals surface area (Å²) in [5.74, 6) is 1.20. The summed E-state index contributed by atoms with van der Waals surface area (Å²) < 4.78 is 0. The van der Waals surface area contributed by atoms with E-state index in [4.69, 9.17) is 5.41 Å². The molecule has 0 spiro atoms. The monoisotopic (exact) mass is 209 g/mol. The SMILES string of the molecule is CC(C)C(=N)N1CCC2CCC(C1)N2C. The molecule has 0 amide bonds. The van der Waals surface area contributed by atoms with Gasteiger partial charge in [0.2, 0.25) is 0 Å². The van der Waals surface area contributed by atoms with Gasteiger partial charge in [-0.15, -0.1) is 0 Å². The van der Waals surface area contributed by atoms with Crippen LogP contribution in [0.1, 0.15) is 33.1 Å². The Morgan fingerprint density at radius 3 is 2.53 bits per heavy atom. The molecule has 0 aromatic rings. The van der Waals surface area contributed by atoms with Crippen LogP contribution < -0.4 is 0 Å². The molecular formula is C12H23N3. The second kappa shape index (κ2) is 4.12. The zero-order valence-corrected chi connectivity index (χ0v) is 10.2. The molecule has 0 aromatic carbocycles. The Hall–Kier alpha value is -0.570. The van der Waals surface area contributed by atoms with Gasteiger partial charge in [0.1, 0.15) is 0 Å². The molecule has 2 atom stereocenters. The van der Waals surface area contributed by atoms with Crippen LogP contribution in [0.4, 0.5) is 0 Å². The smallest absolute Gasteiger partial charge is 0.0984 e. The van der Waals surface area contributed by atoms with Crippen molar-refractivity contribution in [3.05, 3.63) is 0 Å². The van der Waals surface area contributed by atoms with E-state index in [0.29, 0.717) is 12.0 Å². The number of hydrogen-bond acceptors (Lipinski definition) is 2. The van der Waals surface area contributed by atoms with Gasteiger partial charge in [0.15, 0.2) is 0 Å². The van der Waals surface area contributed by atoms with Gasteiger partial charge in [-0.1, -0.05) is 13.8 Å². The van der Waals surface area contributed by atoms with Gasteiger partial charge < -0.3 is 4.90 Å². The van der Waals surface area contributed by atoms with Gasteiger partial charge >= 0.3 is 0 Å². The van der Waals surface area contributed by atoms with Gasteiger partial charge in [0, 0.05) is 31.1 Å². The maximum atomic E-state index is 8.09. The van der Waals surface area contributed by atoms with Gasteiger partial charge in [0.05, 0.1) is 5.84 Å². The molecule has 2 fully saturated rings. The highest BCUT2D eigenvalue weighted by Crippen LogP contribution is 2.28. The molecule has 0 saturated carbocycles. The lowest BCUT2D eigenvalue weighted by Gasteiger charge is -2.29. The number of likely N-dealkylation sites (N-methyl/N-ethyl adjacent to an activating group) is 1. The lowest BCUT2D eigenvalue weighted by Crippen LogP contribution is -2.41. The number of rotatable bonds is 1. The van der Waals surface area contributed by atoms with E-state index in [1.165, 1.54) is 19.3 Å². The first-order valence-corrected chi connectivity index (χ1v) is 6.15. The predicted octanol–water partition coefficient (Wildman–Crippen LogP) is 1.79. The first-order valence-electron chi connectivity index (χ1n) is 6.15. The third kappa shape index (κ3) is 2.03. The fourth-order valence-electron chi connectivity index (χ4n) is 2.89. The Morgan fingerprint density at radius 2 is 1.87 bits per heavy atom. The quantitative estimate of drug-likeness (QED) is 0.527. The average Bonchev–Trinajstić information content (AvgIpc) is 2.40. The minimum absolute atomic E-state index is 0.368. The molecule has 2 saturated heterocycles. The highest BCUT2D eigenvalue weighted by atomic mass is 15.3. The molecular weight excluding hydrogens is 186 g/mol. The molecule has 2 rings (SSSR count). The lowest BCUT2D eigenvalue weighted by atomic mass is 10.1. The molecule has 2 unspecified atom stereocenters. The summed E-state index contributed by atoms with van der Waals surface area (Å²) >= 11 is 0. The highest BCUT2D eigenvalue weighted by Gasteiger charge is 2.35. The van der Waals surface area contributed by atoms with E-state index in [0.717, 1.165) is 25.0 Å². The topological polar surface area (TPSA) is 30.3 Å². The first-order chi connectivity index (χ1) is 7.09. The van der Waals surface area contributed by atoms with Crippen molar-refractivity contribution in [2.45, 2.75) is 45.2 Å². The molecule has 3 heteroatoms. The van der Waals surface area contributed by atoms with Gasteiger partial charge in [-0.25, -0.2) is 0 Å². The molecule has 2 aliphatic heterocycles. The van der Waals surface area contributed by atoms with E-state index < -0.39 is 0 Å². The Labute approximate surface area is 92.9 Å². The Morgan fingerprint density at radius 1 is 1.20 bits per heavy atom. The van der Waals surface area contributed by atoms with Gasteiger partial charge in [-0.3, -0.25) is 10.3 Å². The second-order valence-electron chi connectivity index (χ2n) is 5.33. The van der Waals surface area contributed by atoms with E-state index >= 15 is 0 Å². The van der Waals surface area contributed by atoms with Crippen molar-refractivity contribution >= 4 is 5.84 Å². The van der Waals surface area contributed by atoms with Crippen molar-refractivity contribution in [3.63, 3.8) is 0 Å². The average molecular weight is 209 g/mol. The van der Waals surface area contributed by atoms with Crippen LogP contribution in [0.5, 0.6) is 0 Å². The molecule has 2 aliphatic rings. The molecule has 2 heterocycles. The fourth-order valence-corrected chi connectivity index (χ4v) is 2.89.